The van der Waals surface area contributed by atoms with Gasteiger partial charge in [0.25, 0.3) is 0 Å². The van der Waals surface area contributed by atoms with Gasteiger partial charge in [-0.3, -0.25) is 33.6 Å². The smallest absolute Gasteiger partial charge is 1.00 e. The van der Waals surface area contributed by atoms with Gasteiger partial charge in [-0.25, -0.2) is 0 Å². The molecule has 0 saturated heterocycles. The summed E-state index contributed by atoms with van der Waals surface area (Å²) in [6, 6.07) is 39.9. The van der Waals surface area contributed by atoms with Crippen LogP contribution < -0.4 is 29.6 Å². The Morgan fingerprint density at radius 2 is 0.710 bits per heavy atom. The van der Waals surface area contributed by atoms with Crippen molar-refractivity contribution in [3.8, 4) is 0 Å². The molecule has 4 rings (SSSR count). The van der Waals surface area contributed by atoms with Crippen molar-refractivity contribution >= 4 is 57.7 Å². The van der Waals surface area contributed by atoms with Crippen LogP contribution in [0.5, 0.6) is 0 Å². The molecular weight excluding hydrogens is 1360 g/mol. The van der Waals surface area contributed by atoms with Crippen molar-refractivity contribution in [3.05, 3.63) is 144 Å². The second-order valence-corrected chi connectivity index (χ2v) is 26.1. The fourth-order valence-electron chi connectivity index (χ4n) is 9.40. The summed E-state index contributed by atoms with van der Waals surface area (Å²) in [6.45, 7) is 38.8. The molecule has 0 spiro atoms. The molecule has 0 saturated carbocycles. The van der Waals surface area contributed by atoms with Crippen LogP contribution in [0.15, 0.2) is 121 Å². The number of carbonyl (C=O) groups excluding carboxylic acids is 6. The van der Waals surface area contributed by atoms with Crippen molar-refractivity contribution in [2.24, 2.45) is 58.7 Å². The average molecular weight is 1480 g/mol. The van der Waals surface area contributed by atoms with Gasteiger partial charge in [0.2, 0.25) is 0 Å². The molecule has 4 aromatic carbocycles. The molecule has 0 heterocycles. The van der Waals surface area contributed by atoms with Crippen LogP contribution in [0.4, 0.5) is 0 Å². The first-order valence-corrected chi connectivity index (χ1v) is 36.1. The first-order valence-electron chi connectivity index (χ1n) is 35.0. The second-order valence-electron chi connectivity index (χ2n) is 25.3. The molecule has 0 amide bonds. The van der Waals surface area contributed by atoms with E-state index in [1.54, 1.807) is 41.5 Å². The molecule has 3 unspecified atom stereocenters. The number of alkyl halides is 1. The summed E-state index contributed by atoms with van der Waals surface area (Å²) in [6.07, 6.45) is 1.86. The van der Waals surface area contributed by atoms with E-state index in [1.807, 2.05) is 192 Å². The Hall–Kier alpha value is -5.55. The molecule has 0 aliphatic rings. The van der Waals surface area contributed by atoms with E-state index in [4.69, 9.17) is 57.6 Å². The van der Waals surface area contributed by atoms with Crippen LogP contribution in [0.2, 0.25) is 0 Å². The quantitative estimate of drug-likeness (QED) is 0.0105. The number of hydrogen-bond donors (Lipinski definition) is 2. The third-order valence-corrected chi connectivity index (χ3v) is 15.3. The summed E-state index contributed by atoms with van der Waals surface area (Å²) >= 11 is 3.30. The maximum absolute atomic E-state index is 12.5. The molecule has 0 aromatic heterocycles. The topological polar surface area (TPSA) is 252 Å². The van der Waals surface area contributed by atoms with Crippen molar-refractivity contribution in [2.45, 2.75) is 189 Å². The van der Waals surface area contributed by atoms with E-state index < -0.39 is 41.2 Å². The number of halogens is 1. The van der Waals surface area contributed by atoms with Gasteiger partial charge in [0.1, 0.15) is 0 Å². The van der Waals surface area contributed by atoms with Gasteiger partial charge in [-0.2, -0.15) is 0 Å². The zero-order valence-corrected chi connectivity index (χ0v) is 67.4. The maximum Gasteiger partial charge on any atom is 1.00 e. The van der Waals surface area contributed by atoms with E-state index in [0.717, 1.165) is 28.6 Å². The van der Waals surface area contributed by atoms with Gasteiger partial charge in [-0.1, -0.05) is 206 Å². The molecule has 0 fully saturated rings. The molecular formula is C79H124BrNaO19. The van der Waals surface area contributed by atoms with Crippen molar-refractivity contribution in [3.63, 3.8) is 0 Å². The largest absolute Gasteiger partial charge is 1.00 e. The molecule has 0 aliphatic heterocycles. The Morgan fingerprint density at radius 3 is 0.970 bits per heavy atom. The summed E-state index contributed by atoms with van der Waals surface area (Å²) in [5, 5.41) is 18.7. The van der Waals surface area contributed by atoms with Crippen LogP contribution in [0.1, 0.15) is 174 Å². The van der Waals surface area contributed by atoms with Crippen molar-refractivity contribution in [2.75, 3.05) is 64.8 Å². The third-order valence-electron chi connectivity index (χ3n) is 14.9. The SMILES string of the molecule is BrCCOCc1ccccc1.CC(C)C(CCOCc1ccccc1)C(=O)O.CC(C)OC(=O)C(CCO)C(C)C.CC(C)OC(=O)C(CCOCc1ccccc1)C(C)C.CCOC(=O)C(C(=O)OCC)C(C)C.CCOC(=O)C(CCOCc1ccccc1)(C(=O)OCC)C(C)C.[H-].[Na+]. The van der Waals surface area contributed by atoms with E-state index in [1.165, 1.54) is 5.56 Å². The second kappa shape index (κ2) is 61.0. The van der Waals surface area contributed by atoms with Crippen molar-refractivity contribution < 1.29 is 122 Å². The van der Waals surface area contributed by atoms with Crippen LogP contribution >= 0.6 is 15.9 Å². The number of aliphatic hydroxyl groups is 1. The monoisotopic (exact) mass is 1480 g/mol. The normalized spacial score (nSPS) is 11.7. The summed E-state index contributed by atoms with van der Waals surface area (Å²) in [5.74, 6) is -4.22. The van der Waals surface area contributed by atoms with Gasteiger partial charge in [0, 0.05) is 31.8 Å². The van der Waals surface area contributed by atoms with Crippen LogP contribution in [-0.4, -0.2) is 129 Å². The molecule has 100 heavy (non-hydrogen) atoms. The predicted molar refractivity (Wildman–Crippen MR) is 392 cm³/mol. The first-order chi connectivity index (χ1) is 47.1. The molecule has 21 heteroatoms. The number of aliphatic carboxylic acids is 1. The summed E-state index contributed by atoms with van der Waals surface area (Å²) in [7, 11) is 0. The van der Waals surface area contributed by atoms with E-state index in [-0.39, 0.29) is 149 Å². The number of carbonyl (C=O) groups is 7. The first kappa shape index (κ1) is 98.6. The molecule has 0 aliphatic carbocycles. The fourth-order valence-corrected chi connectivity index (χ4v) is 9.63. The number of hydrogen-bond acceptors (Lipinski definition) is 18. The maximum atomic E-state index is 12.5. The number of carboxylic acids is 1. The van der Waals surface area contributed by atoms with Crippen molar-refractivity contribution in [1.29, 1.82) is 0 Å². The summed E-state index contributed by atoms with van der Waals surface area (Å²) < 4.78 is 52.4. The van der Waals surface area contributed by atoms with E-state index in [9.17, 15) is 33.6 Å². The van der Waals surface area contributed by atoms with Crippen LogP contribution in [-0.2, 0) is 107 Å². The molecule has 562 valence electrons. The minimum atomic E-state index is -1.33. The van der Waals surface area contributed by atoms with Gasteiger partial charge in [0.05, 0.1) is 89.4 Å². The molecule has 0 radical (unpaired) electrons. The Bertz CT molecular complexity index is 2670. The van der Waals surface area contributed by atoms with Crippen LogP contribution in [0, 0.1) is 58.7 Å². The number of benzene rings is 4. The van der Waals surface area contributed by atoms with Crippen molar-refractivity contribution in [1.82, 2.24) is 0 Å². The minimum absolute atomic E-state index is 0. The standard InChI is InChI=1S/C19H28O5.C17H26O3.C14H20O3.C10H18O4.C10H20O3.C9H11BrO.Na.H/c1-5-23-17(20)19(15(3)4,18(21)24-6-2)12-13-22-14-16-10-8-7-9-11-16;1-13(2)16(17(18)20-14(3)4)10-11-19-12-15-8-6-5-7-9-15;1-11(2)13(14(15)16)8-9-17-10-12-6-4-3-5-7-12;1-5-13-9(11)8(7(3)4)10(12)14-6-2;1-7(2)9(5-6-11)10(12)13-8(3)4;10-6-7-11-8-9-4-2-1-3-5-9;;/h7-11,15H,5-6,12-14H2,1-4H3;5-9,13-14,16H,10-12H2,1-4H3;3-7,11,13H,8-10H2,1-2H3,(H,15,16);7-8H,5-6H2,1-4H3;7-9,11H,5-6H2,1-4H3;1-5H,6-8H2;;/q;;;;;;+1;-1. The van der Waals surface area contributed by atoms with Crippen LogP contribution in [0.3, 0.4) is 0 Å². The Labute approximate surface area is 631 Å². The van der Waals surface area contributed by atoms with E-state index in [0.29, 0.717) is 58.9 Å². The number of rotatable bonds is 39. The molecule has 4 aromatic rings. The molecule has 2 N–H and O–H groups in total. The Morgan fingerprint density at radius 1 is 0.410 bits per heavy atom. The third kappa shape index (κ3) is 45.4. The number of carboxylic acid groups (broad SMARTS) is 1. The number of aliphatic hydroxyl groups excluding tert-OH is 1. The summed E-state index contributed by atoms with van der Waals surface area (Å²) in [4.78, 5) is 82.2. The minimum Gasteiger partial charge on any atom is -1.00 e. The number of esters is 6. The Balaban J connectivity index is -0.000000567. The predicted octanol–water partition coefficient (Wildman–Crippen LogP) is 12.8. The van der Waals surface area contributed by atoms with Gasteiger partial charge in [-0.15, -0.1) is 0 Å². The van der Waals surface area contributed by atoms with Gasteiger partial charge >= 0.3 is 71.3 Å². The van der Waals surface area contributed by atoms with Gasteiger partial charge < -0.3 is 59.0 Å². The molecule has 19 nitrogen and oxygen atoms in total. The Kier molecular flexibility index (Phi) is 60.1. The van der Waals surface area contributed by atoms with Gasteiger partial charge in [-0.05, 0) is 133 Å². The van der Waals surface area contributed by atoms with E-state index in [2.05, 4.69) is 28.1 Å². The zero-order chi connectivity index (χ0) is 75.1. The zero-order valence-electron chi connectivity index (χ0n) is 64.8. The molecule has 0 bridgehead atoms. The summed E-state index contributed by atoms with van der Waals surface area (Å²) in [5.41, 5.74) is 3.21. The number of ether oxygens (including phenoxy) is 10. The fraction of sp³-hybridized carbons (Fsp3) is 0.608. The average Bonchev–Trinajstić information content (AvgIpc) is 0.794. The molecule has 3 atom stereocenters. The van der Waals surface area contributed by atoms with E-state index >= 15 is 0 Å². The van der Waals surface area contributed by atoms with Gasteiger partial charge in [0.15, 0.2) is 11.3 Å². The van der Waals surface area contributed by atoms with Crippen LogP contribution in [0.25, 0.3) is 0 Å².